The molecule has 4 aromatic rings. The number of nitrogens with zero attached hydrogens (tertiary/aromatic N) is 1. The zero-order valence-corrected chi connectivity index (χ0v) is 19.2. The molecule has 32 heavy (non-hydrogen) atoms. The van der Waals surface area contributed by atoms with Crippen molar-refractivity contribution in [3.8, 4) is 11.5 Å². The predicted molar refractivity (Wildman–Crippen MR) is 130 cm³/mol. The Labute approximate surface area is 191 Å². The van der Waals surface area contributed by atoms with Gasteiger partial charge in [0.15, 0.2) is 5.13 Å². The maximum Gasteiger partial charge on any atom is 0.263 e. The van der Waals surface area contributed by atoms with Crippen LogP contribution < -0.4 is 20.1 Å². The predicted octanol–water partition coefficient (Wildman–Crippen LogP) is 5.86. The molecule has 3 aromatic carbocycles. The highest BCUT2D eigenvalue weighted by molar-refractivity contribution is 7.17. The van der Waals surface area contributed by atoms with Crippen molar-refractivity contribution in [2.75, 3.05) is 19.5 Å². The molecule has 0 saturated carbocycles. The van der Waals surface area contributed by atoms with Gasteiger partial charge in [-0.25, -0.2) is 4.98 Å². The number of fused-ring (bicyclic) bond motifs is 1. The highest BCUT2D eigenvalue weighted by Crippen LogP contribution is 2.34. The number of methoxy groups -OCH3 is 2. The Morgan fingerprint density at radius 2 is 1.78 bits per heavy atom. The average molecular weight is 448 g/mol. The van der Waals surface area contributed by atoms with Gasteiger partial charge in [-0.15, -0.1) is 0 Å². The monoisotopic (exact) mass is 447 g/mol. The molecule has 0 aliphatic heterocycles. The second-order valence-electron chi connectivity index (χ2n) is 7.43. The molecule has 0 aliphatic carbocycles. The first-order valence-corrected chi connectivity index (χ1v) is 11.1. The van der Waals surface area contributed by atoms with Gasteiger partial charge in [-0.3, -0.25) is 4.79 Å². The van der Waals surface area contributed by atoms with Crippen molar-refractivity contribution in [2.45, 2.75) is 19.9 Å². The van der Waals surface area contributed by atoms with Gasteiger partial charge < -0.3 is 20.1 Å². The number of ether oxygens (including phenoxy) is 2. The second kappa shape index (κ2) is 9.28. The summed E-state index contributed by atoms with van der Waals surface area (Å²) in [5.41, 5.74) is 2.44. The van der Waals surface area contributed by atoms with Gasteiger partial charge in [-0.2, -0.15) is 0 Å². The van der Waals surface area contributed by atoms with Crippen LogP contribution in [0.2, 0.25) is 0 Å². The smallest absolute Gasteiger partial charge is 0.263 e. The lowest BCUT2D eigenvalue weighted by Gasteiger charge is -2.14. The van der Waals surface area contributed by atoms with E-state index in [4.69, 9.17) is 9.47 Å². The highest BCUT2D eigenvalue weighted by Gasteiger charge is 2.19. The topological polar surface area (TPSA) is 72.5 Å². The summed E-state index contributed by atoms with van der Waals surface area (Å²) < 4.78 is 10.7. The molecule has 0 unspecified atom stereocenters. The second-order valence-corrected chi connectivity index (χ2v) is 8.43. The lowest BCUT2D eigenvalue weighted by atomic mass is 10.0. The van der Waals surface area contributed by atoms with Gasteiger partial charge in [-0.05, 0) is 48.4 Å². The van der Waals surface area contributed by atoms with Gasteiger partial charge in [0.25, 0.3) is 5.91 Å². The summed E-state index contributed by atoms with van der Waals surface area (Å²) in [6, 6.07) is 19.8. The number of carbonyl (C=O) groups excluding carboxylic acids is 1. The molecule has 0 bridgehead atoms. The Kier molecular flexibility index (Phi) is 6.28. The molecular weight excluding hydrogens is 422 g/mol. The normalized spacial score (nSPS) is 11.8. The highest BCUT2D eigenvalue weighted by atomic mass is 32.1. The van der Waals surface area contributed by atoms with Crippen molar-refractivity contribution in [2.24, 2.45) is 0 Å². The average Bonchev–Trinajstić information content (AvgIpc) is 3.18. The Bertz CT molecular complexity index is 1270. The Hall–Kier alpha value is -3.58. The van der Waals surface area contributed by atoms with Crippen LogP contribution >= 0.6 is 11.3 Å². The Morgan fingerprint density at radius 3 is 2.53 bits per heavy atom. The lowest BCUT2D eigenvalue weighted by molar-refractivity contribution is 0.0943. The first-order valence-electron chi connectivity index (χ1n) is 10.2. The molecule has 0 radical (unpaired) electrons. The Balaban J connectivity index is 1.51. The SMILES string of the molecule is COc1ccc(OC)c(Nc2nc(C)c(C(=O)N[C@H](C)c3ccc4ccccc4c3)s2)c1. The Morgan fingerprint density at radius 1 is 1.00 bits per heavy atom. The molecule has 6 nitrogen and oxygen atoms in total. The maximum atomic E-state index is 13.0. The number of anilines is 2. The first-order chi connectivity index (χ1) is 15.5. The van der Waals surface area contributed by atoms with Crippen molar-refractivity contribution in [1.29, 1.82) is 0 Å². The molecule has 0 saturated heterocycles. The molecule has 2 N–H and O–H groups in total. The third-order valence-corrected chi connectivity index (χ3v) is 6.34. The van der Waals surface area contributed by atoms with Crippen LogP contribution in [0.15, 0.2) is 60.7 Å². The molecule has 0 fully saturated rings. The number of benzene rings is 3. The molecule has 1 amide bonds. The quantitative estimate of drug-likeness (QED) is 0.371. The van der Waals surface area contributed by atoms with Crippen LogP contribution in [0.1, 0.15) is 33.9 Å². The fraction of sp³-hybridized carbons (Fsp3) is 0.200. The molecule has 1 aromatic heterocycles. The number of hydrogen-bond acceptors (Lipinski definition) is 6. The summed E-state index contributed by atoms with van der Waals surface area (Å²) in [5, 5.41) is 9.27. The van der Waals surface area contributed by atoms with E-state index < -0.39 is 0 Å². The number of rotatable bonds is 7. The molecule has 164 valence electrons. The third kappa shape index (κ3) is 4.53. The maximum absolute atomic E-state index is 13.0. The summed E-state index contributed by atoms with van der Waals surface area (Å²) >= 11 is 1.30. The number of amides is 1. The van der Waals surface area contributed by atoms with Crippen molar-refractivity contribution >= 4 is 38.8 Å². The number of nitrogens with one attached hydrogen (secondary N) is 2. The minimum Gasteiger partial charge on any atom is -0.497 e. The molecule has 4 rings (SSSR count). The third-order valence-electron chi connectivity index (χ3n) is 5.27. The van der Waals surface area contributed by atoms with Crippen LogP contribution in [0.4, 0.5) is 10.8 Å². The van der Waals surface area contributed by atoms with Crippen molar-refractivity contribution in [3.05, 3.63) is 76.8 Å². The summed E-state index contributed by atoms with van der Waals surface area (Å²) in [6.07, 6.45) is 0. The zero-order chi connectivity index (χ0) is 22.7. The summed E-state index contributed by atoms with van der Waals surface area (Å²) in [4.78, 5) is 18.1. The summed E-state index contributed by atoms with van der Waals surface area (Å²) in [7, 11) is 3.21. The van der Waals surface area contributed by atoms with E-state index in [2.05, 4.69) is 45.9 Å². The van der Waals surface area contributed by atoms with Crippen molar-refractivity contribution in [3.63, 3.8) is 0 Å². The van der Waals surface area contributed by atoms with E-state index in [0.717, 1.165) is 16.6 Å². The largest absolute Gasteiger partial charge is 0.497 e. The van der Waals surface area contributed by atoms with Gasteiger partial charge in [0.05, 0.1) is 31.6 Å². The summed E-state index contributed by atoms with van der Waals surface area (Å²) in [5.74, 6) is 1.21. The van der Waals surface area contributed by atoms with Crippen LogP contribution in [0.25, 0.3) is 10.8 Å². The van der Waals surface area contributed by atoms with Crippen LogP contribution in [0.3, 0.4) is 0 Å². The van der Waals surface area contributed by atoms with E-state index in [0.29, 0.717) is 27.2 Å². The van der Waals surface area contributed by atoms with E-state index in [9.17, 15) is 4.79 Å². The minimum absolute atomic E-state index is 0.136. The van der Waals surface area contributed by atoms with Gasteiger partial charge in [0.2, 0.25) is 0 Å². The van der Waals surface area contributed by atoms with Crippen LogP contribution in [0.5, 0.6) is 11.5 Å². The first kappa shape index (κ1) is 21.6. The molecule has 7 heteroatoms. The fourth-order valence-electron chi connectivity index (χ4n) is 3.51. The van der Waals surface area contributed by atoms with Gasteiger partial charge in [0, 0.05) is 6.07 Å². The minimum atomic E-state index is -0.147. The van der Waals surface area contributed by atoms with E-state index >= 15 is 0 Å². The lowest BCUT2D eigenvalue weighted by Crippen LogP contribution is -2.26. The number of aromatic nitrogens is 1. The summed E-state index contributed by atoms with van der Waals surface area (Å²) in [6.45, 7) is 3.82. The number of thiazole rings is 1. The van der Waals surface area contributed by atoms with Crippen molar-refractivity contribution < 1.29 is 14.3 Å². The van der Waals surface area contributed by atoms with E-state index in [1.807, 2.05) is 44.2 Å². The standard InChI is InChI=1S/C25H25N3O3S/c1-15(18-10-9-17-7-5-6-8-19(17)13-18)26-24(29)23-16(2)27-25(32-23)28-21-14-20(30-3)11-12-22(21)31-4/h5-15H,1-4H3,(H,26,29)(H,27,28)/t15-/m1/s1. The zero-order valence-electron chi connectivity index (χ0n) is 18.4. The van der Waals surface area contributed by atoms with E-state index in [-0.39, 0.29) is 11.9 Å². The molecular formula is C25H25N3O3S. The van der Waals surface area contributed by atoms with Crippen LogP contribution in [-0.4, -0.2) is 25.1 Å². The van der Waals surface area contributed by atoms with Gasteiger partial charge in [0.1, 0.15) is 16.4 Å². The molecule has 1 heterocycles. The molecule has 1 atom stereocenters. The van der Waals surface area contributed by atoms with Crippen LogP contribution in [-0.2, 0) is 0 Å². The fourth-order valence-corrected chi connectivity index (χ4v) is 4.39. The number of carbonyl (C=O) groups is 1. The number of aryl methyl sites for hydroxylation is 1. The number of hydrogen-bond donors (Lipinski definition) is 2. The van der Waals surface area contributed by atoms with E-state index in [1.54, 1.807) is 14.2 Å². The van der Waals surface area contributed by atoms with Gasteiger partial charge >= 0.3 is 0 Å². The van der Waals surface area contributed by atoms with Crippen molar-refractivity contribution in [1.82, 2.24) is 10.3 Å². The van der Waals surface area contributed by atoms with Crippen LogP contribution in [0, 0.1) is 6.92 Å². The van der Waals surface area contributed by atoms with E-state index in [1.165, 1.54) is 16.7 Å². The molecule has 0 aliphatic rings. The molecule has 0 spiro atoms. The van der Waals surface area contributed by atoms with Gasteiger partial charge in [-0.1, -0.05) is 47.7 Å².